The van der Waals surface area contributed by atoms with Crippen LogP contribution in [0, 0.1) is 0 Å². The van der Waals surface area contributed by atoms with Crippen LogP contribution < -0.4 is 0 Å². The molecule has 0 radical (unpaired) electrons. The van der Waals surface area contributed by atoms with E-state index in [-0.39, 0.29) is 17.8 Å². The molecule has 0 unspecified atom stereocenters. The number of nitrogens with zero attached hydrogens (tertiary/aromatic N) is 1. The first kappa shape index (κ1) is 19.1. The van der Waals surface area contributed by atoms with E-state index in [0.29, 0.717) is 22.0 Å². The summed E-state index contributed by atoms with van der Waals surface area (Å²) in [6.45, 7) is 7.54. The van der Waals surface area contributed by atoms with E-state index in [1.165, 1.54) is 6.92 Å². The molecule has 27 heavy (non-hydrogen) atoms. The Morgan fingerprint density at radius 2 is 1.93 bits per heavy atom. The normalized spacial score (nSPS) is 11.6. The number of benzene rings is 1. The van der Waals surface area contributed by atoms with Gasteiger partial charge in [0.1, 0.15) is 12.3 Å². The molecule has 3 aromatic rings. The number of H-pyrrole nitrogens is 1. The molecule has 1 N–H and O–H groups in total. The van der Waals surface area contributed by atoms with Gasteiger partial charge in [-0.25, -0.2) is 0 Å². The maximum absolute atomic E-state index is 13.2. The summed E-state index contributed by atoms with van der Waals surface area (Å²) in [5.41, 5.74) is 2.94. The van der Waals surface area contributed by atoms with Crippen molar-refractivity contribution >= 4 is 34.3 Å². The number of ether oxygens (including phenoxy) is 1. The molecule has 0 saturated heterocycles. The molecule has 1 aromatic carbocycles. The van der Waals surface area contributed by atoms with Gasteiger partial charge in [0.25, 0.3) is 0 Å². The highest BCUT2D eigenvalue weighted by atomic mass is 35.5. The highest BCUT2D eigenvalue weighted by Gasteiger charge is 2.23. The van der Waals surface area contributed by atoms with Gasteiger partial charge in [0.2, 0.25) is 5.78 Å². The maximum Gasteiger partial charge on any atom is 0.302 e. The second-order valence-corrected chi connectivity index (χ2v) is 7.89. The number of aromatic amines is 1. The van der Waals surface area contributed by atoms with Crippen molar-refractivity contribution in [1.82, 2.24) is 9.97 Å². The molecule has 0 atom stereocenters. The summed E-state index contributed by atoms with van der Waals surface area (Å²) in [6.07, 6.45) is 1.64. The molecule has 0 amide bonds. The standard InChI is InChI=1S/C21H21ClN2O3/c1-12(25)27-11-16-15-10-14(22)5-6-17(15)24-19(16)20(26)18-9-13(7-8-23-18)21(2,3)4/h5-10,24H,11H2,1-4H3. The van der Waals surface area contributed by atoms with Gasteiger partial charge < -0.3 is 9.72 Å². The van der Waals surface area contributed by atoms with E-state index >= 15 is 0 Å². The molecule has 5 nitrogen and oxygen atoms in total. The molecule has 6 heteroatoms. The Morgan fingerprint density at radius 3 is 2.59 bits per heavy atom. The minimum absolute atomic E-state index is 0.0181. The molecular formula is C21H21ClN2O3. The van der Waals surface area contributed by atoms with Crippen LogP contribution in [0.1, 0.15) is 55.0 Å². The first-order valence-electron chi connectivity index (χ1n) is 8.61. The van der Waals surface area contributed by atoms with Gasteiger partial charge in [0, 0.05) is 34.6 Å². The lowest BCUT2D eigenvalue weighted by Crippen LogP contribution is -2.14. The van der Waals surface area contributed by atoms with Crippen LogP contribution >= 0.6 is 11.6 Å². The van der Waals surface area contributed by atoms with E-state index in [9.17, 15) is 9.59 Å². The zero-order chi connectivity index (χ0) is 19.8. The Bertz CT molecular complexity index is 1030. The fraction of sp³-hybridized carbons (Fsp3) is 0.286. The summed E-state index contributed by atoms with van der Waals surface area (Å²) in [5, 5.41) is 1.29. The summed E-state index contributed by atoms with van der Waals surface area (Å²) in [5.74, 6) is -0.673. The van der Waals surface area contributed by atoms with Crippen molar-refractivity contribution in [2.24, 2.45) is 0 Å². The number of ketones is 1. The Hall–Kier alpha value is -2.66. The maximum atomic E-state index is 13.2. The Kier molecular flexibility index (Phi) is 5.07. The Labute approximate surface area is 162 Å². The molecule has 0 bridgehead atoms. The summed E-state index contributed by atoms with van der Waals surface area (Å²) in [6, 6.07) is 8.99. The van der Waals surface area contributed by atoms with Crippen LogP contribution in [-0.2, 0) is 21.6 Å². The second-order valence-electron chi connectivity index (χ2n) is 7.46. The van der Waals surface area contributed by atoms with E-state index in [4.69, 9.17) is 16.3 Å². The predicted molar refractivity (Wildman–Crippen MR) is 105 cm³/mol. The third kappa shape index (κ3) is 4.03. The van der Waals surface area contributed by atoms with Gasteiger partial charge in [-0.3, -0.25) is 14.6 Å². The van der Waals surface area contributed by atoms with E-state index < -0.39 is 5.97 Å². The molecule has 2 heterocycles. The number of nitrogens with one attached hydrogen (secondary N) is 1. The SMILES string of the molecule is CC(=O)OCc1c(C(=O)c2cc(C(C)(C)C)ccn2)[nH]c2ccc(Cl)cc12. The number of aromatic nitrogens is 2. The molecule has 3 rings (SSSR count). The van der Waals surface area contributed by atoms with Gasteiger partial charge in [-0.2, -0.15) is 0 Å². The van der Waals surface area contributed by atoms with Gasteiger partial charge in [0.05, 0.1) is 5.69 Å². The van der Waals surface area contributed by atoms with Crippen molar-refractivity contribution in [3.63, 3.8) is 0 Å². The molecule has 0 aliphatic rings. The molecule has 2 aromatic heterocycles. The molecule has 0 aliphatic carbocycles. The largest absolute Gasteiger partial charge is 0.461 e. The minimum Gasteiger partial charge on any atom is -0.461 e. The number of fused-ring (bicyclic) bond motifs is 1. The van der Waals surface area contributed by atoms with Gasteiger partial charge in [-0.15, -0.1) is 0 Å². The van der Waals surface area contributed by atoms with Crippen LogP contribution in [0.3, 0.4) is 0 Å². The fourth-order valence-corrected chi connectivity index (χ4v) is 3.06. The van der Waals surface area contributed by atoms with Crippen LogP contribution in [0.25, 0.3) is 10.9 Å². The minimum atomic E-state index is -0.419. The molecule has 0 saturated carbocycles. The molecule has 140 valence electrons. The van der Waals surface area contributed by atoms with Crippen molar-refractivity contribution in [1.29, 1.82) is 0 Å². The fourth-order valence-electron chi connectivity index (χ4n) is 2.89. The van der Waals surface area contributed by atoms with Crippen LogP contribution in [0.4, 0.5) is 0 Å². The Balaban J connectivity index is 2.11. The van der Waals surface area contributed by atoms with Crippen molar-refractivity contribution in [3.05, 3.63) is 64.1 Å². The highest BCUT2D eigenvalue weighted by molar-refractivity contribution is 6.31. The number of pyridine rings is 1. The third-order valence-corrected chi connectivity index (χ3v) is 4.61. The second kappa shape index (κ2) is 7.16. The zero-order valence-electron chi connectivity index (χ0n) is 15.7. The number of rotatable bonds is 4. The zero-order valence-corrected chi connectivity index (χ0v) is 16.5. The quantitative estimate of drug-likeness (QED) is 0.517. The lowest BCUT2D eigenvalue weighted by molar-refractivity contribution is -0.142. The van der Waals surface area contributed by atoms with Gasteiger partial charge in [-0.05, 0) is 41.3 Å². The lowest BCUT2D eigenvalue weighted by atomic mass is 9.87. The summed E-state index contributed by atoms with van der Waals surface area (Å²) >= 11 is 6.11. The third-order valence-electron chi connectivity index (χ3n) is 4.37. The smallest absolute Gasteiger partial charge is 0.302 e. The molecular weight excluding hydrogens is 364 g/mol. The highest BCUT2D eigenvalue weighted by Crippen LogP contribution is 2.29. The topological polar surface area (TPSA) is 72.1 Å². The average Bonchev–Trinajstić information content (AvgIpc) is 2.96. The van der Waals surface area contributed by atoms with Gasteiger partial charge in [-0.1, -0.05) is 32.4 Å². The van der Waals surface area contributed by atoms with E-state index in [0.717, 1.165) is 16.5 Å². The van der Waals surface area contributed by atoms with Crippen LogP contribution in [0.5, 0.6) is 0 Å². The molecule has 0 spiro atoms. The summed E-state index contributed by atoms with van der Waals surface area (Å²) in [7, 11) is 0. The number of hydrogen-bond donors (Lipinski definition) is 1. The number of hydrogen-bond acceptors (Lipinski definition) is 4. The first-order valence-corrected chi connectivity index (χ1v) is 8.99. The Morgan fingerprint density at radius 1 is 1.19 bits per heavy atom. The predicted octanol–water partition coefficient (Wildman–Crippen LogP) is 4.81. The number of esters is 1. The van der Waals surface area contributed by atoms with E-state index in [2.05, 4.69) is 30.7 Å². The van der Waals surface area contributed by atoms with Crippen LogP contribution in [-0.4, -0.2) is 21.7 Å². The van der Waals surface area contributed by atoms with Gasteiger partial charge >= 0.3 is 5.97 Å². The van der Waals surface area contributed by atoms with Crippen molar-refractivity contribution < 1.29 is 14.3 Å². The van der Waals surface area contributed by atoms with Crippen LogP contribution in [0.15, 0.2) is 36.5 Å². The number of halogens is 1. The van der Waals surface area contributed by atoms with Crippen LogP contribution in [0.2, 0.25) is 5.02 Å². The average molecular weight is 385 g/mol. The van der Waals surface area contributed by atoms with E-state index in [1.54, 1.807) is 30.5 Å². The van der Waals surface area contributed by atoms with Gasteiger partial charge in [0.15, 0.2) is 0 Å². The van der Waals surface area contributed by atoms with Crippen molar-refractivity contribution in [2.45, 2.75) is 39.7 Å². The van der Waals surface area contributed by atoms with Crippen molar-refractivity contribution in [2.75, 3.05) is 0 Å². The molecule has 0 aliphatic heterocycles. The summed E-state index contributed by atoms with van der Waals surface area (Å²) in [4.78, 5) is 31.9. The van der Waals surface area contributed by atoms with Crippen molar-refractivity contribution in [3.8, 4) is 0 Å². The number of carbonyl (C=O) groups is 2. The first-order chi connectivity index (χ1) is 12.7. The summed E-state index contributed by atoms with van der Waals surface area (Å²) < 4.78 is 5.16. The van der Waals surface area contributed by atoms with E-state index in [1.807, 2.05) is 6.07 Å². The monoisotopic (exact) mass is 384 g/mol. The lowest BCUT2D eigenvalue weighted by Gasteiger charge is -2.19. The number of carbonyl (C=O) groups excluding carboxylic acids is 2. The molecule has 0 fully saturated rings.